The number of nitrogens with one attached hydrogen (secondary N) is 1. The zero-order chi connectivity index (χ0) is 13.9. The molecular formula is C16H25N3O. The summed E-state index contributed by atoms with van der Waals surface area (Å²) in [6.07, 6.45) is 0. The lowest BCUT2D eigenvalue weighted by atomic mass is 10.0. The first-order valence-corrected chi connectivity index (χ1v) is 7.66. The summed E-state index contributed by atoms with van der Waals surface area (Å²) < 4.78 is 0. The Morgan fingerprint density at radius 1 is 1.30 bits per heavy atom. The highest BCUT2D eigenvalue weighted by Gasteiger charge is 2.31. The number of piperazine rings is 3. The van der Waals surface area contributed by atoms with E-state index in [4.69, 9.17) is 0 Å². The van der Waals surface area contributed by atoms with Gasteiger partial charge in [-0.05, 0) is 18.1 Å². The lowest BCUT2D eigenvalue weighted by molar-refractivity contribution is 0.0129. The fourth-order valence-electron chi connectivity index (χ4n) is 3.31. The first-order valence-electron chi connectivity index (χ1n) is 7.66. The van der Waals surface area contributed by atoms with Crippen LogP contribution in [0.1, 0.15) is 24.1 Å². The number of rotatable bonds is 5. The van der Waals surface area contributed by atoms with Gasteiger partial charge in [-0.3, -0.25) is 9.80 Å². The minimum absolute atomic E-state index is 0.117. The van der Waals surface area contributed by atoms with Gasteiger partial charge >= 0.3 is 0 Å². The van der Waals surface area contributed by atoms with Gasteiger partial charge in [0.05, 0.1) is 6.61 Å². The monoisotopic (exact) mass is 275 g/mol. The predicted octanol–water partition coefficient (Wildman–Crippen LogP) is 0.829. The van der Waals surface area contributed by atoms with E-state index >= 15 is 0 Å². The van der Waals surface area contributed by atoms with Crippen LogP contribution in [0.5, 0.6) is 0 Å². The molecule has 4 nitrogen and oxygen atoms in total. The fraction of sp³-hybridized carbons (Fsp3) is 0.625. The Hall–Kier alpha value is -0.940. The molecule has 4 rings (SSSR count). The molecule has 2 N–H and O–H groups in total. The van der Waals surface area contributed by atoms with E-state index in [0.29, 0.717) is 12.1 Å². The average molecular weight is 275 g/mol. The Morgan fingerprint density at radius 2 is 2.10 bits per heavy atom. The molecule has 0 aromatic heterocycles. The summed E-state index contributed by atoms with van der Waals surface area (Å²) in [6, 6.07) is 9.20. The van der Waals surface area contributed by atoms with Crippen molar-refractivity contribution in [2.45, 2.75) is 25.6 Å². The summed E-state index contributed by atoms with van der Waals surface area (Å²) in [7, 11) is 0. The fourth-order valence-corrected chi connectivity index (χ4v) is 3.31. The lowest BCUT2D eigenvalue weighted by Gasteiger charge is -2.47. The summed E-state index contributed by atoms with van der Waals surface area (Å²) in [5.41, 5.74) is 2.25. The SMILES string of the molecule is CC(NCC1CN2CCN1CC2)c1cccc(CO)c1. The first kappa shape index (κ1) is 14.0. The van der Waals surface area contributed by atoms with Crippen molar-refractivity contribution in [3.63, 3.8) is 0 Å². The Labute approximate surface area is 121 Å². The number of nitrogens with zero attached hydrogens (tertiary/aromatic N) is 2. The third kappa shape index (κ3) is 3.04. The summed E-state index contributed by atoms with van der Waals surface area (Å²) in [5.74, 6) is 0. The summed E-state index contributed by atoms with van der Waals surface area (Å²) >= 11 is 0. The van der Waals surface area contributed by atoms with Gasteiger partial charge in [-0.2, -0.15) is 0 Å². The quantitative estimate of drug-likeness (QED) is 0.835. The maximum Gasteiger partial charge on any atom is 0.0681 e. The standard InChI is InChI=1S/C16H25N3O/c1-13(15-4-2-3-14(9-15)12-20)17-10-16-11-18-5-7-19(16)8-6-18/h2-4,9,13,16-17,20H,5-8,10-12H2,1H3. The molecular weight excluding hydrogens is 250 g/mol. The highest BCUT2D eigenvalue weighted by Crippen LogP contribution is 2.18. The summed E-state index contributed by atoms with van der Waals surface area (Å²) in [6.45, 7) is 9.49. The van der Waals surface area contributed by atoms with Gasteiger partial charge in [-0.25, -0.2) is 0 Å². The van der Waals surface area contributed by atoms with Crippen molar-refractivity contribution >= 4 is 0 Å². The maximum absolute atomic E-state index is 9.22. The molecule has 0 amide bonds. The van der Waals surface area contributed by atoms with Crippen molar-refractivity contribution in [1.82, 2.24) is 15.1 Å². The van der Waals surface area contributed by atoms with Crippen molar-refractivity contribution in [1.29, 1.82) is 0 Å². The zero-order valence-corrected chi connectivity index (χ0v) is 12.3. The van der Waals surface area contributed by atoms with Crippen molar-refractivity contribution in [3.05, 3.63) is 35.4 Å². The summed E-state index contributed by atoms with van der Waals surface area (Å²) in [5, 5.41) is 12.9. The number of hydrogen-bond acceptors (Lipinski definition) is 4. The van der Waals surface area contributed by atoms with Crippen LogP contribution in [0.15, 0.2) is 24.3 Å². The van der Waals surface area contributed by atoms with Crippen LogP contribution in [0.4, 0.5) is 0 Å². The van der Waals surface area contributed by atoms with Gasteiger partial charge < -0.3 is 10.4 Å². The van der Waals surface area contributed by atoms with Crippen molar-refractivity contribution < 1.29 is 5.11 Å². The van der Waals surface area contributed by atoms with Crippen LogP contribution in [0.3, 0.4) is 0 Å². The molecule has 0 saturated carbocycles. The molecule has 3 saturated heterocycles. The number of aliphatic hydroxyl groups excluding tert-OH is 1. The van der Waals surface area contributed by atoms with Crippen molar-refractivity contribution in [2.75, 3.05) is 39.3 Å². The summed E-state index contributed by atoms with van der Waals surface area (Å²) in [4.78, 5) is 5.19. The first-order chi connectivity index (χ1) is 9.76. The van der Waals surface area contributed by atoms with Gasteiger partial charge in [0.25, 0.3) is 0 Å². The second kappa shape index (κ2) is 6.22. The van der Waals surface area contributed by atoms with Crippen LogP contribution >= 0.6 is 0 Å². The van der Waals surface area contributed by atoms with Crippen LogP contribution in [0.2, 0.25) is 0 Å². The van der Waals surface area contributed by atoms with Gasteiger partial charge in [0.15, 0.2) is 0 Å². The third-order valence-electron chi connectivity index (χ3n) is 4.69. The molecule has 3 aliphatic rings. The van der Waals surface area contributed by atoms with E-state index in [2.05, 4.69) is 34.2 Å². The molecule has 110 valence electrons. The Balaban J connectivity index is 1.55. The number of hydrogen-bond donors (Lipinski definition) is 2. The normalized spacial score (nSPS) is 30.4. The molecule has 3 fully saturated rings. The highest BCUT2D eigenvalue weighted by molar-refractivity contribution is 5.25. The maximum atomic E-state index is 9.22. The van der Waals surface area contributed by atoms with Crippen LogP contribution in [0.25, 0.3) is 0 Å². The van der Waals surface area contributed by atoms with Gasteiger partial charge in [-0.15, -0.1) is 0 Å². The molecule has 3 heterocycles. The Kier molecular flexibility index (Phi) is 4.36. The van der Waals surface area contributed by atoms with Gasteiger partial charge in [0.1, 0.15) is 0 Å². The molecule has 2 atom stereocenters. The van der Waals surface area contributed by atoms with Gasteiger partial charge in [0, 0.05) is 51.4 Å². The molecule has 3 aliphatic heterocycles. The van der Waals surface area contributed by atoms with Crippen LogP contribution < -0.4 is 5.32 Å². The number of aliphatic hydroxyl groups is 1. The molecule has 1 aromatic carbocycles. The minimum atomic E-state index is 0.117. The van der Waals surface area contributed by atoms with E-state index in [9.17, 15) is 5.11 Å². The average Bonchev–Trinajstić information content (AvgIpc) is 2.54. The predicted molar refractivity (Wildman–Crippen MR) is 80.6 cm³/mol. The van der Waals surface area contributed by atoms with Gasteiger partial charge in [-0.1, -0.05) is 24.3 Å². The number of benzene rings is 1. The molecule has 0 spiro atoms. The lowest BCUT2D eigenvalue weighted by Crippen LogP contribution is -2.63. The van der Waals surface area contributed by atoms with Gasteiger partial charge in [0.2, 0.25) is 0 Å². The van der Waals surface area contributed by atoms with Crippen molar-refractivity contribution in [2.24, 2.45) is 0 Å². The van der Waals surface area contributed by atoms with E-state index < -0.39 is 0 Å². The molecule has 1 aromatic rings. The Bertz CT molecular complexity index is 443. The Morgan fingerprint density at radius 3 is 2.75 bits per heavy atom. The second-order valence-electron chi connectivity index (χ2n) is 6.02. The van der Waals surface area contributed by atoms with E-state index in [1.807, 2.05) is 12.1 Å². The van der Waals surface area contributed by atoms with Crippen molar-refractivity contribution in [3.8, 4) is 0 Å². The second-order valence-corrected chi connectivity index (χ2v) is 6.02. The molecule has 2 unspecified atom stereocenters. The zero-order valence-electron chi connectivity index (χ0n) is 12.3. The minimum Gasteiger partial charge on any atom is -0.392 e. The molecule has 2 bridgehead atoms. The highest BCUT2D eigenvalue weighted by atomic mass is 16.3. The topological polar surface area (TPSA) is 38.7 Å². The largest absolute Gasteiger partial charge is 0.392 e. The number of fused-ring (bicyclic) bond motifs is 3. The third-order valence-corrected chi connectivity index (χ3v) is 4.69. The molecule has 20 heavy (non-hydrogen) atoms. The smallest absolute Gasteiger partial charge is 0.0681 e. The molecule has 0 radical (unpaired) electrons. The van der Waals surface area contributed by atoms with E-state index in [1.165, 1.54) is 38.3 Å². The van der Waals surface area contributed by atoms with Crippen LogP contribution in [-0.2, 0) is 6.61 Å². The van der Waals surface area contributed by atoms with E-state index in [0.717, 1.165) is 12.1 Å². The van der Waals surface area contributed by atoms with Crippen LogP contribution in [-0.4, -0.2) is 60.2 Å². The molecule has 4 heteroatoms. The molecule has 0 aliphatic carbocycles. The van der Waals surface area contributed by atoms with Crippen LogP contribution in [0, 0.1) is 0 Å². The van der Waals surface area contributed by atoms with E-state index in [-0.39, 0.29) is 6.61 Å². The van der Waals surface area contributed by atoms with E-state index in [1.54, 1.807) is 0 Å².